The van der Waals surface area contributed by atoms with Crippen molar-refractivity contribution >= 4 is 17.1 Å². The van der Waals surface area contributed by atoms with Crippen LogP contribution >= 0.6 is 0 Å². The first-order valence-corrected chi connectivity index (χ1v) is 8.04. The SMILES string of the molecule is Cn1cnc2c1c(=O)n(CC(=O)NC1CCC(N)CC1)c(=O)n2C. The molecule has 1 aliphatic carbocycles. The van der Waals surface area contributed by atoms with Crippen molar-refractivity contribution in [2.24, 2.45) is 19.8 Å². The van der Waals surface area contributed by atoms with E-state index in [-0.39, 0.29) is 24.5 Å². The Morgan fingerprint density at radius 1 is 1.29 bits per heavy atom. The molecule has 1 amide bonds. The summed E-state index contributed by atoms with van der Waals surface area (Å²) >= 11 is 0. The summed E-state index contributed by atoms with van der Waals surface area (Å²) in [5, 5.41) is 2.89. The molecule has 2 aromatic heterocycles. The lowest BCUT2D eigenvalue weighted by Crippen LogP contribution is -2.46. The second kappa shape index (κ2) is 6.23. The van der Waals surface area contributed by atoms with Gasteiger partial charge < -0.3 is 15.6 Å². The molecule has 0 radical (unpaired) electrons. The summed E-state index contributed by atoms with van der Waals surface area (Å²) in [6.07, 6.45) is 4.85. The highest BCUT2D eigenvalue weighted by atomic mass is 16.2. The third-order valence-electron chi connectivity index (χ3n) is 4.64. The number of fused-ring (bicyclic) bond motifs is 1. The zero-order valence-electron chi connectivity index (χ0n) is 13.9. The fraction of sp³-hybridized carbons (Fsp3) is 0.600. The summed E-state index contributed by atoms with van der Waals surface area (Å²) in [6.45, 7) is -0.296. The van der Waals surface area contributed by atoms with E-state index < -0.39 is 11.2 Å². The number of hydrogen-bond donors (Lipinski definition) is 2. The van der Waals surface area contributed by atoms with Crippen LogP contribution in [0.25, 0.3) is 11.2 Å². The molecular weight excluding hydrogens is 312 g/mol. The molecule has 0 unspecified atom stereocenters. The lowest BCUT2D eigenvalue weighted by Gasteiger charge is -2.26. The molecule has 1 aliphatic rings. The Balaban J connectivity index is 1.85. The van der Waals surface area contributed by atoms with Crippen molar-refractivity contribution in [1.82, 2.24) is 24.0 Å². The van der Waals surface area contributed by atoms with Crippen LogP contribution in [-0.2, 0) is 25.4 Å². The Kier molecular flexibility index (Phi) is 4.27. The molecule has 0 saturated heterocycles. The first kappa shape index (κ1) is 16.4. The van der Waals surface area contributed by atoms with Gasteiger partial charge >= 0.3 is 5.69 Å². The van der Waals surface area contributed by atoms with Crippen molar-refractivity contribution in [3.63, 3.8) is 0 Å². The molecule has 130 valence electrons. The molecule has 2 heterocycles. The molecule has 3 N–H and O–H groups in total. The summed E-state index contributed by atoms with van der Waals surface area (Å²) in [4.78, 5) is 41.2. The summed E-state index contributed by atoms with van der Waals surface area (Å²) in [6, 6.07) is 0.248. The fourth-order valence-corrected chi connectivity index (χ4v) is 3.22. The lowest BCUT2D eigenvalue weighted by atomic mass is 9.92. The first-order chi connectivity index (χ1) is 11.4. The van der Waals surface area contributed by atoms with Crippen molar-refractivity contribution in [3.8, 4) is 0 Å². The van der Waals surface area contributed by atoms with E-state index in [4.69, 9.17) is 5.73 Å². The monoisotopic (exact) mass is 334 g/mol. The second-order valence-corrected chi connectivity index (χ2v) is 6.44. The number of nitrogens with two attached hydrogens (primary N) is 1. The summed E-state index contributed by atoms with van der Waals surface area (Å²) < 4.78 is 3.78. The van der Waals surface area contributed by atoms with E-state index in [0.29, 0.717) is 11.2 Å². The van der Waals surface area contributed by atoms with Crippen LogP contribution in [0, 0.1) is 0 Å². The number of hydrogen-bond acceptors (Lipinski definition) is 5. The van der Waals surface area contributed by atoms with Crippen LogP contribution in [-0.4, -0.2) is 36.7 Å². The number of nitrogens with one attached hydrogen (secondary N) is 1. The predicted octanol–water partition coefficient (Wildman–Crippen LogP) is -1.18. The van der Waals surface area contributed by atoms with E-state index >= 15 is 0 Å². The number of carbonyl (C=O) groups excluding carboxylic acids is 1. The van der Waals surface area contributed by atoms with Crippen molar-refractivity contribution in [1.29, 1.82) is 0 Å². The van der Waals surface area contributed by atoms with Gasteiger partial charge in [-0.15, -0.1) is 0 Å². The Morgan fingerprint density at radius 3 is 2.62 bits per heavy atom. The van der Waals surface area contributed by atoms with Gasteiger partial charge in [-0.2, -0.15) is 0 Å². The topological polar surface area (TPSA) is 117 Å². The zero-order valence-corrected chi connectivity index (χ0v) is 13.9. The quantitative estimate of drug-likeness (QED) is 0.733. The third kappa shape index (κ3) is 2.86. The van der Waals surface area contributed by atoms with Gasteiger partial charge in [0.25, 0.3) is 5.56 Å². The van der Waals surface area contributed by atoms with Gasteiger partial charge in [0.2, 0.25) is 5.91 Å². The summed E-state index contributed by atoms with van der Waals surface area (Å²) in [5.74, 6) is -0.337. The molecule has 0 spiro atoms. The van der Waals surface area contributed by atoms with Crippen LogP contribution in [0.4, 0.5) is 0 Å². The molecule has 1 saturated carbocycles. The van der Waals surface area contributed by atoms with Gasteiger partial charge in [-0.3, -0.25) is 14.2 Å². The van der Waals surface area contributed by atoms with Crippen LogP contribution in [0.5, 0.6) is 0 Å². The number of rotatable bonds is 3. The molecule has 9 heteroatoms. The number of aryl methyl sites for hydroxylation is 2. The molecule has 0 aromatic carbocycles. The van der Waals surface area contributed by atoms with E-state index in [2.05, 4.69) is 10.3 Å². The van der Waals surface area contributed by atoms with Crippen molar-refractivity contribution in [2.75, 3.05) is 0 Å². The summed E-state index contributed by atoms with van der Waals surface area (Å²) in [5.41, 5.74) is 5.41. The van der Waals surface area contributed by atoms with Crippen molar-refractivity contribution in [3.05, 3.63) is 27.2 Å². The van der Waals surface area contributed by atoms with Crippen molar-refractivity contribution in [2.45, 2.75) is 44.3 Å². The maximum atomic E-state index is 12.5. The highest BCUT2D eigenvalue weighted by Gasteiger charge is 2.22. The molecule has 9 nitrogen and oxygen atoms in total. The van der Waals surface area contributed by atoms with Crippen LogP contribution in [0.1, 0.15) is 25.7 Å². The van der Waals surface area contributed by atoms with Crippen molar-refractivity contribution < 1.29 is 4.79 Å². The normalized spacial score (nSPS) is 21.1. The van der Waals surface area contributed by atoms with E-state index in [9.17, 15) is 14.4 Å². The first-order valence-electron chi connectivity index (χ1n) is 8.04. The lowest BCUT2D eigenvalue weighted by molar-refractivity contribution is -0.122. The molecule has 2 aromatic rings. The average Bonchev–Trinajstić information content (AvgIpc) is 2.94. The predicted molar refractivity (Wildman–Crippen MR) is 88.6 cm³/mol. The van der Waals surface area contributed by atoms with E-state index in [0.717, 1.165) is 30.3 Å². The maximum Gasteiger partial charge on any atom is 0.332 e. The number of aromatic nitrogens is 4. The molecule has 0 bridgehead atoms. The van der Waals surface area contributed by atoms with Gasteiger partial charge in [0.05, 0.1) is 6.33 Å². The van der Waals surface area contributed by atoms with Crippen LogP contribution in [0.15, 0.2) is 15.9 Å². The van der Waals surface area contributed by atoms with Crippen LogP contribution in [0.2, 0.25) is 0 Å². The van der Waals surface area contributed by atoms with Gasteiger partial charge in [-0.25, -0.2) is 14.3 Å². The number of amides is 1. The van der Waals surface area contributed by atoms with Gasteiger partial charge in [0.1, 0.15) is 6.54 Å². The second-order valence-electron chi connectivity index (χ2n) is 6.44. The molecule has 24 heavy (non-hydrogen) atoms. The minimum atomic E-state index is -0.549. The maximum absolute atomic E-state index is 12.5. The molecule has 3 rings (SSSR count). The number of imidazole rings is 1. The van der Waals surface area contributed by atoms with Gasteiger partial charge in [0, 0.05) is 26.2 Å². The molecular formula is C15H22N6O3. The van der Waals surface area contributed by atoms with Gasteiger partial charge in [-0.05, 0) is 25.7 Å². The Morgan fingerprint density at radius 2 is 1.96 bits per heavy atom. The molecule has 0 aliphatic heterocycles. The summed E-state index contributed by atoms with van der Waals surface area (Å²) in [7, 11) is 3.21. The zero-order chi connectivity index (χ0) is 17.4. The Hall–Kier alpha value is -2.42. The number of carbonyl (C=O) groups is 1. The Labute approximate surface area is 138 Å². The fourth-order valence-electron chi connectivity index (χ4n) is 3.22. The van der Waals surface area contributed by atoms with E-state index in [1.165, 1.54) is 17.9 Å². The minimum Gasteiger partial charge on any atom is -0.352 e. The highest BCUT2D eigenvalue weighted by Crippen LogP contribution is 2.16. The largest absolute Gasteiger partial charge is 0.352 e. The standard InChI is InChI=1S/C15H22N6O3/c1-19-8-17-13-12(19)14(23)21(15(24)20(13)2)7-11(22)18-10-5-3-9(16)4-6-10/h8-10H,3-7,16H2,1-2H3,(H,18,22). The molecule has 0 atom stereocenters. The smallest absolute Gasteiger partial charge is 0.332 e. The Bertz CT molecular complexity index is 885. The van der Waals surface area contributed by atoms with Crippen LogP contribution in [0.3, 0.4) is 0 Å². The molecule has 1 fully saturated rings. The van der Waals surface area contributed by atoms with Gasteiger partial charge in [0.15, 0.2) is 11.2 Å². The van der Waals surface area contributed by atoms with Crippen LogP contribution < -0.4 is 22.3 Å². The minimum absolute atomic E-state index is 0.0530. The van der Waals surface area contributed by atoms with E-state index in [1.807, 2.05) is 0 Å². The van der Waals surface area contributed by atoms with E-state index in [1.54, 1.807) is 11.6 Å². The number of nitrogens with zero attached hydrogens (tertiary/aromatic N) is 4. The van der Waals surface area contributed by atoms with Gasteiger partial charge in [-0.1, -0.05) is 0 Å². The average molecular weight is 334 g/mol. The third-order valence-corrected chi connectivity index (χ3v) is 4.64. The highest BCUT2D eigenvalue weighted by molar-refractivity contribution is 5.77.